The summed E-state index contributed by atoms with van der Waals surface area (Å²) in [6.45, 7) is 0.825. The minimum Gasteiger partial charge on any atom is -0.349 e. The molecule has 1 heterocycles. The molecule has 0 radical (unpaired) electrons. The van der Waals surface area contributed by atoms with Crippen LogP contribution in [0.3, 0.4) is 0 Å². The second-order valence-corrected chi connectivity index (χ2v) is 5.90. The van der Waals surface area contributed by atoms with Crippen LogP contribution >= 0.6 is 15.9 Å². The van der Waals surface area contributed by atoms with E-state index >= 15 is 0 Å². The fraction of sp³-hybridized carbons (Fsp3) is 0.250. The molecule has 0 amide bonds. The maximum atomic E-state index is 8.99. The molecule has 3 rings (SSSR count). The Hall–Kier alpha value is -1.86. The van der Waals surface area contributed by atoms with Gasteiger partial charge in [0.05, 0.1) is 0 Å². The van der Waals surface area contributed by atoms with Crippen molar-refractivity contribution in [2.24, 2.45) is 0 Å². The van der Waals surface area contributed by atoms with E-state index in [1.165, 1.54) is 18.4 Å². The molecule has 0 N–H and O–H groups in total. The van der Waals surface area contributed by atoms with E-state index in [9.17, 15) is 0 Å². The van der Waals surface area contributed by atoms with Crippen LogP contribution in [0.1, 0.15) is 24.1 Å². The minimum absolute atomic E-state index is 0.474. The predicted octanol–water partition coefficient (Wildman–Crippen LogP) is 3.88. The summed E-state index contributed by atoms with van der Waals surface area (Å²) >= 11 is 3.51. The highest BCUT2D eigenvalue weighted by atomic mass is 79.9. The zero-order valence-electron chi connectivity index (χ0n) is 11.0. The number of nitrogens with zero attached hydrogens (tertiary/aromatic N) is 3. The summed E-state index contributed by atoms with van der Waals surface area (Å²) in [6.07, 6.45) is 2.40. The number of pyridine rings is 1. The van der Waals surface area contributed by atoms with Crippen LogP contribution in [0.25, 0.3) is 0 Å². The van der Waals surface area contributed by atoms with Crippen molar-refractivity contribution in [2.45, 2.75) is 25.4 Å². The van der Waals surface area contributed by atoms with E-state index in [1.54, 1.807) is 6.07 Å². The maximum absolute atomic E-state index is 8.99. The van der Waals surface area contributed by atoms with Crippen molar-refractivity contribution in [2.75, 3.05) is 4.90 Å². The molecule has 3 nitrogen and oxygen atoms in total. The Labute approximate surface area is 127 Å². The van der Waals surface area contributed by atoms with E-state index < -0.39 is 0 Å². The largest absolute Gasteiger partial charge is 0.349 e. The number of rotatable bonds is 4. The van der Waals surface area contributed by atoms with Gasteiger partial charge in [-0.3, -0.25) is 0 Å². The molecule has 0 spiro atoms. The number of aromatic nitrogens is 1. The molecule has 1 aromatic carbocycles. The highest BCUT2D eigenvalue weighted by Crippen LogP contribution is 2.32. The van der Waals surface area contributed by atoms with Gasteiger partial charge in [-0.15, -0.1) is 0 Å². The lowest BCUT2D eigenvalue weighted by atomic mass is 10.2. The summed E-state index contributed by atoms with van der Waals surface area (Å²) in [7, 11) is 0. The molecule has 0 bridgehead atoms. The summed E-state index contributed by atoms with van der Waals surface area (Å²) in [5.41, 5.74) is 1.72. The van der Waals surface area contributed by atoms with Crippen LogP contribution in [-0.2, 0) is 6.54 Å². The van der Waals surface area contributed by atoms with Crippen LogP contribution in [0.4, 0.5) is 5.82 Å². The molecule has 1 aromatic heterocycles. The van der Waals surface area contributed by atoms with Gasteiger partial charge in [-0.25, -0.2) is 4.98 Å². The smallest absolute Gasteiger partial charge is 0.142 e. The molecule has 100 valence electrons. The summed E-state index contributed by atoms with van der Waals surface area (Å²) in [5.74, 6) is 0.895. The average Bonchev–Trinajstić information content (AvgIpc) is 3.29. The van der Waals surface area contributed by atoms with Gasteiger partial charge >= 0.3 is 0 Å². The Morgan fingerprint density at radius 2 is 2.05 bits per heavy atom. The van der Waals surface area contributed by atoms with E-state index in [-0.39, 0.29) is 0 Å². The van der Waals surface area contributed by atoms with Gasteiger partial charge in [0.2, 0.25) is 0 Å². The van der Waals surface area contributed by atoms with E-state index in [0.29, 0.717) is 11.7 Å². The molecule has 4 heteroatoms. The number of hydrogen-bond donors (Lipinski definition) is 0. The molecule has 0 atom stereocenters. The second-order valence-electron chi connectivity index (χ2n) is 4.98. The lowest BCUT2D eigenvalue weighted by Gasteiger charge is -2.23. The molecule has 0 aliphatic heterocycles. The summed E-state index contributed by atoms with van der Waals surface area (Å²) in [5, 5.41) is 8.99. The fourth-order valence-corrected chi connectivity index (χ4v) is 2.71. The Morgan fingerprint density at radius 1 is 1.25 bits per heavy atom. The SMILES string of the molecule is N#Cc1cccc(N(Cc2cccc(Br)c2)C2CC2)n1. The van der Waals surface area contributed by atoms with Crippen molar-refractivity contribution in [3.05, 3.63) is 58.2 Å². The Balaban J connectivity index is 1.87. The first kappa shape index (κ1) is 13.1. The highest BCUT2D eigenvalue weighted by molar-refractivity contribution is 9.10. The van der Waals surface area contributed by atoms with E-state index in [1.807, 2.05) is 24.3 Å². The van der Waals surface area contributed by atoms with E-state index in [4.69, 9.17) is 5.26 Å². The lowest BCUT2D eigenvalue weighted by molar-refractivity contribution is 0.777. The van der Waals surface area contributed by atoms with E-state index in [0.717, 1.165) is 16.8 Å². The number of nitriles is 1. The number of anilines is 1. The lowest BCUT2D eigenvalue weighted by Crippen LogP contribution is -2.26. The molecule has 1 saturated carbocycles. The van der Waals surface area contributed by atoms with Gasteiger partial charge in [0.25, 0.3) is 0 Å². The van der Waals surface area contributed by atoms with Crippen molar-refractivity contribution in [3.8, 4) is 6.07 Å². The van der Waals surface area contributed by atoms with Crippen LogP contribution in [0, 0.1) is 11.3 Å². The molecule has 0 unspecified atom stereocenters. The van der Waals surface area contributed by atoms with Crippen LogP contribution < -0.4 is 4.90 Å². The van der Waals surface area contributed by atoms with Crippen LogP contribution in [0.5, 0.6) is 0 Å². The monoisotopic (exact) mass is 327 g/mol. The van der Waals surface area contributed by atoms with Crippen molar-refractivity contribution < 1.29 is 0 Å². The fourth-order valence-electron chi connectivity index (χ4n) is 2.26. The molecule has 1 aliphatic rings. The van der Waals surface area contributed by atoms with E-state index in [2.05, 4.69) is 44.0 Å². The molecule has 20 heavy (non-hydrogen) atoms. The second kappa shape index (κ2) is 5.64. The first-order valence-electron chi connectivity index (χ1n) is 6.64. The van der Waals surface area contributed by atoms with Gasteiger partial charge in [0, 0.05) is 17.1 Å². The summed E-state index contributed by atoms with van der Waals surface area (Å²) in [6, 6.07) is 16.6. The van der Waals surface area contributed by atoms with Gasteiger partial charge in [0.15, 0.2) is 0 Å². The van der Waals surface area contributed by atoms with Gasteiger partial charge in [-0.1, -0.05) is 34.1 Å². The van der Waals surface area contributed by atoms with Crippen molar-refractivity contribution >= 4 is 21.7 Å². The minimum atomic E-state index is 0.474. The zero-order valence-corrected chi connectivity index (χ0v) is 12.5. The third kappa shape index (κ3) is 3.00. The zero-order chi connectivity index (χ0) is 13.9. The summed E-state index contributed by atoms with van der Waals surface area (Å²) in [4.78, 5) is 6.72. The first-order valence-corrected chi connectivity index (χ1v) is 7.44. The van der Waals surface area contributed by atoms with Gasteiger partial charge in [0.1, 0.15) is 17.6 Å². The van der Waals surface area contributed by atoms with Gasteiger partial charge < -0.3 is 4.90 Å². The van der Waals surface area contributed by atoms with Crippen molar-refractivity contribution in [1.82, 2.24) is 4.98 Å². The standard InChI is InChI=1S/C16H14BrN3/c17-13-4-1-3-12(9-13)11-20(15-7-8-15)16-6-2-5-14(10-18)19-16/h1-6,9,15H,7-8,11H2. The molecular weight excluding hydrogens is 314 g/mol. The molecule has 1 aliphatic carbocycles. The quantitative estimate of drug-likeness (QED) is 0.855. The predicted molar refractivity (Wildman–Crippen MR) is 82.3 cm³/mol. The Morgan fingerprint density at radius 3 is 2.75 bits per heavy atom. The molecule has 2 aromatic rings. The van der Waals surface area contributed by atoms with Crippen LogP contribution in [-0.4, -0.2) is 11.0 Å². The van der Waals surface area contributed by atoms with Crippen LogP contribution in [0.15, 0.2) is 46.9 Å². The number of halogens is 1. The number of hydrogen-bond acceptors (Lipinski definition) is 3. The third-order valence-electron chi connectivity index (χ3n) is 3.37. The maximum Gasteiger partial charge on any atom is 0.142 e. The van der Waals surface area contributed by atoms with Gasteiger partial charge in [-0.2, -0.15) is 5.26 Å². The highest BCUT2D eigenvalue weighted by Gasteiger charge is 2.30. The molecule has 0 saturated heterocycles. The van der Waals surface area contributed by atoms with Crippen molar-refractivity contribution in [1.29, 1.82) is 5.26 Å². The molecule has 1 fully saturated rings. The Kier molecular flexibility index (Phi) is 3.70. The van der Waals surface area contributed by atoms with Crippen molar-refractivity contribution in [3.63, 3.8) is 0 Å². The van der Waals surface area contributed by atoms with Gasteiger partial charge in [-0.05, 0) is 42.7 Å². The number of benzene rings is 1. The molecular formula is C16H14BrN3. The average molecular weight is 328 g/mol. The first-order chi connectivity index (χ1) is 9.76. The normalized spacial score (nSPS) is 13.8. The Bertz CT molecular complexity index is 659. The topological polar surface area (TPSA) is 39.9 Å². The third-order valence-corrected chi connectivity index (χ3v) is 3.87. The summed E-state index contributed by atoms with van der Waals surface area (Å²) < 4.78 is 1.09. The van der Waals surface area contributed by atoms with Crippen LogP contribution in [0.2, 0.25) is 0 Å².